The fraction of sp³-hybridized carbons (Fsp3) is 0.429. The Kier molecular flexibility index (Phi) is 4.01. The van der Waals surface area contributed by atoms with Gasteiger partial charge in [-0.2, -0.15) is 0 Å². The van der Waals surface area contributed by atoms with E-state index in [9.17, 15) is 18.4 Å². The lowest BCUT2D eigenvalue weighted by atomic mass is 9.89. The van der Waals surface area contributed by atoms with Crippen LogP contribution in [0.3, 0.4) is 0 Å². The maximum atomic E-state index is 13.3. The number of benzene rings is 1. The largest absolute Gasteiger partial charge is 0.361 e. The highest BCUT2D eigenvalue weighted by atomic mass is 19.2. The lowest BCUT2D eigenvalue weighted by molar-refractivity contribution is -0.147. The molecule has 0 unspecified atom stereocenters. The standard InChI is InChI=1S/C14H16F2N2O2/c1-8-2-5-12(18(7-8)14(20)13(17)19)9-3-4-10(15)11(16)6-9/h3-4,6,8,12H,2,5,7H2,1H3,(H2,17,19)/t8-,12+/m0/s1. The first-order valence-electron chi connectivity index (χ1n) is 6.45. The quantitative estimate of drug-likeness (QED) is 0.798. The van der Waals surface area contributed by atoms with E-state index in [-0.39, 0.29) is 5.92 Å². The minimum Gasteiger partial charge on any atom is -0.361 e. The summed E-state index contributed by atoms with van der Waals surface area (Å²) in [6, 6.07) is 3.08. The van der Waals surface area contributed by atoms with Crippen molar-refractivity contribution in [2.75, 3.05) is 6.54 Å². The molecular weight excluding hydrogens is 266 g/mol. The van der Waals surface area contributed by atoms with Crippen molar-refractivity contribution in [3.8, 4) is 0 Å². The van der Waals surface area contributed by atoms with Gasteiger partial charge in [-0.05, 0) is 36.5 Å². The minimum absolute atomic E-state index is 0.236. The summed E-state index contributed by atoms with van der Waals surface area (Å²) >= 11 is 0. The molecule has 6 heteroatoms. The molecule has 0 saturated carbocycles. The van der Waals surface area contributed by atoms with Crippen LogP contribution in [0.25, 0.3) is 0 Å². The number of piperidine rings is 1. The van der Waals surface area contributed by atoms with Gasteiger partial charge < -0.3 is 10.6 Å². The molecule has 0 spiro atoms. The van der Waals surface area contributed by atoms with Gasteiger partial charge in [-0.3, -0.25) is 9.59 Å². The van der Waals surface area contributed by atoms with Crippen LogP contribution in [0.2, 0.25) is 0 Å². The maximum Gasteiger partial charge on any atom is 0.312 e. The molecule has 0 aromatic heterocycles. The lowest BCUT2D eigenvalue weighted by Crippen LogP contribution is -2.46. The van der Waals surface area contributed by atoms with Gasteiger partial charge in [0.2, 0.25) is 0 Å². The Bertz CT molecular complexity index is 548. The summed E-state index contributed by atoms with van der Waals surface area (Å²) in [5, 5.41) is 0. The number of halogens is 2. The van der Waals surface area contributed by atoms with Crippen LogP contribution >= 0.6 is 0 Å². The van der Waals surface area contributed by atoms with Gasteiger partial charge in [-0.15, -0.1) is 0 Å². The number of rotatable bonds is 1. The van der Waals surface area contributed by atoms with E-state index in [2.05, 4.69) is 0 Å². The molecule has 2 atom stereocenters. The van der Waals surface area contributed by atoms with E-state index >= 15 is 0 Å². The first-order chi connectivity index (χ1) is 9.40. The first kappa shape index (κ1) is 14.4. The van der Waals surface area contributed by atoms with Gasteiger partial charge in [-0.25, -0.2) is 8.78 Å². The van der Waals surface area contributed by atoms with Gasteiger partial charge in [0.25, 0.3) is 0 Å². The van der Waals surface area contributed by atoms with E-state index in [1.807, 2.05) is 6.92 Å². The van der Waals surface area contributed by atoms with Crippen LogP contribution in [-0.4, -0.2) is 23.3 Å². The third kappa shape index (κ3) is 2.79. The van der Waals surface area contributed by atoms with Crippen LogP contribution in [-0.2, 0) is 9.59 Å². The summed E-state index contributed by atoms with van der Waals surface area (Å²) in [7, 11) is 0. The van der Waals surface area contributed by atoms with Gasteiger partial charge in [0.15, 0.2) is 11.6 Å². The Labute approximate surface area is 115 Å². The number of carbonyl (C=O) groups excluding carboxylic acids is 2. The average Bonchev–Trinajstić information content (AvgIpc) is 2.41. The molecule has 1 aliphatic rings. The van der Waals surface area contributed by atoms with Crippen molar-refractivity contribution in [2.24, 2.45) is 11.7 Å². The van der Waals surface area contributed by atoms with Crippen molar-refractivity contribution in [3.05, 3.63) is 35.4 Å². The van der Waals surface area contributed by atoms with Crippen molar-refractivity contribution < 1.29 is 18.4 Å². The number of hydrogen-bond donors (Lipinski definition) is 1. The average molecular weight is 282 g/mol. The SMILES string of the molecule is C[C@H]1CC[C@H](c2ccc(F)c(F)c2)N(C(=O)C(N)=O)C1. The van der Waals surface area contributed by atoms with Crippen molar-refractivity contribution in [2.45, 2.75) is 25.8 Å². The fourth-order valence-electron chi connectivity index (χ4n) is 2.58. The zero-order valence-electron chi connectivity index (χ0n) is 11.1. The number of hydrogen-bond acceptors (Lipinski definition) is 2. The molecule has 1 aromatic rings. The summed E-state index contributed by atoms with van der Waals surface area (Å²) in [6.45, 7) is 2.34. The Morgan fingerprint density at radius 1 is 1.25 bits per heavy atom. The van der Waals surface area contributed by atoms with Crippen molar-refractivity contribution in [3.63, 3.8) is 0 Å². The van der Waals surface area contributed by atoms with Gasteiger partial charge in [0.05, 0.1) is 6.04 Å². The molecule has 1 aromatic carbocycles. The van der Waals surface area contributed by atoms with Crippen LogP contribution in [0.1, 0.15) is 31.4 Å². The van der Waals surface area contributed by atoms with Gasteiger partial charge in [0.1, 0.15) is 0 Å². The van der Waals surface area contributed by atoms with Gasteiger partial charge in [-0.1, -0.05) is 13.0 Å². The van der Waals surface area contributed by atoms with Crippen LogP contribution in [0.5, 0.6) is 0 Å². The molecule has 2 N–H and O–H groups in total. The predicted molar refractivity (Wildman–Crippen MR) is 68.4 cm³/mol. The molecule has 0 aliphatic carbocycles. The normalized spacial score (nSPS) is 22.6. The smallest absolute Gasteiger partial charge is 0.312 e. The minimum atomic E-state index is -1.04. The van der Waals surface area contributed by atoms with Crippen molar-refractivity contribution in [1.29, 1.82) is 0 Å². The van der Waals surface area contributed by atoms with E-state index in [1.165, 1.54) is 11.0 Å². The number of primary amides is 1. The second kappa shape index (κ2) is 5.56. The summed E-state index contributed by atoms with van der Waals surface area (Å²) < 4.78 is 26.3. The van der Waals surface area contributed by atoms with Gasteiger partial charge in [0, 0.05) is 6.54 Å². The number of amides is 2. The molecule has 1 fully saturated rings. The Morgan fingerprint density at radius 3 is 2.55 bits per heavy atom. The van der Waals surface area contributed by atoms with Crippen LogP contribution < -0.4 is 5.73 Å². The third-order valence-electron chi connectivity index (χ3n) is 3.62. The van der Waals surface area contributed by atoms with E-state index in [4.69, 9.17) is 5.73 Å². The maximum absolute atomic E-state index is 13.3. The zero-order valence-corrected chi connectivity index (χ0v) is 11.1. The molecule has 0 radical (unpaired) electrons. The molecule has 20 heavy (non-hydrogen) atoms. The van der Waals surface area contributed by atoms with Crippen LogP contribution in [0.15, 0.2) is 18.2 Å². The second-order valence-electron chi connectivity index (χ2n) is 5.19. The monoisotopic (exact) mass is 282 g/mol. The van der Waals surface area contributed by atoms with E-state index < -0.39 is 29.5 Å². The molecule has 2 amide bonds. The molecule has 2 rings (SSSR count). The van der Waals surface area contributed by atoms with Crippen LogP contribution in [0, 0.1) is 17.6 Å². The Balaban J connectivity index is 2.33. The van der Waals surface area contributed by atoms with Crippen molar-refractivity contribution >= 4 is 11.8 Å². The first-order valence-corrected chi connectivity index (χ1v) is 6.45. The molecule has 0 bridgehead atoms. The molecule has 1 heterocycles. The fourth-order valence-corrected chi connectivity index (χ4v) is 2.58. The highest BCUT2D eigenvalue weighted by Crippen LogP contribution is 2.33. The summed E-state index contributed by atoms with van der Waals surface area (Å²) in [5.41, 5.74) is 5.52. The van der Waals surface area contributed by atoms with Crippen LogP contribution in [0.4, 0.5) is 8.78 Å². The third-order valence-corrected chi connectivity index (χ3v) is 3.62. The van der Waals surface area contributed by atoms with E-state index in [1.54, 1.807) is 0 Å². The Morgan fingerprint density at radius 2 is 1.95 bits per heavy atom. The topological polar surface area (TPSA) is 63.4 Å². The summed E-state index contributed by atoms with van der Waals surface area (Å²) in [4.78, 5) is 24.3. The summed E-state index contributed by atoms with van der Waals surface area (Å²) in [6.07, 6.45) is 1.43. The second-order valence-corrected chi connectivity index (χ2v) is 5.19. The lowest BCUT2D eigenvalue weighted by Gasteiger charge is -2.38. The predicted octanol–water partition coefficient (Wildman–Crippen LogP) is 1.75. The number of nitrogens with zero attached hydrogens (tertiary/aromatic N) is 1. The molecular formula is C14H16F2N2O2. The molecule has 1 saturated heterocycles. The van der Waals surface area contributed by atoms with Gasteiger partial charge >= 0.3 is 11.8 Å². The number of carbonyl (C=O) groups is 2. The highest BCUT2D eigenvalue weighted by molar-refractivity contribution is 6.34. The van der Waals surface area contributed by atoms with Crippen molar-refractivity contribution in [1.82, 2.24) is 4.90 Å². The molecule has 108 valence electrons. The highest BCUT2D eigenvalue weighted by Gasteiger charge is 2.33. The molecule has 4 nitrogen and oxygen atoms in total. The number of likely N-dealkylation sites (tertiary alicyclic amines) is 1. The molecule has 1 aliphatic heterocycles. The zero-order chi connectivity index (χ0) is 14.9. The Hall–Kier alpha value is -1.98. The summed E-state index contributed by atoms with van der Waals surface area (Å²) in [5.74, 6) is -3.49. The van der Waals surface area contributed by atoms with E-state index in [0.29, 0.717) is 18.5 Å². The number of nitrogens with two attached hydrogens (primary N) is 1. The van der Waals surface area contributed by atoms with E-state index in [0.717, 1.165) is 18.6 Å².